The molecule has 0 spiro atoms. The molecule has 0 aliphatic carbocycles. The maximum atomic E-state index is 0. The monoisotopic (exact) mass is 72.0 g/mol. The quantitative estimate of drug-likeness (QED) is 0.306. The van der Waals surface area contributed by atoms with E-state index in [-0.39, 0.29) is 36.7 Å². The van der Waals surface area contributed by atoms with Crippen molar-refractivity contribution in [3.05, 3.63) is 0 Å². The summed E-state index contributed by atoms with van der Waals surface area (Å²) in [4.78, 5) is 0. The zero-order valence-electron chi connectivity index (χ0n) is 2.06. The standard InChI is InChI=1S/Al.B.H2O.O/h;;1H2;/q+3;;;-2. The molecule has 0 saturated heterocycles. The van der Waals surface area contributed by atoms with Crippen LogP contribution in [0, 0.1) is 0 Å². The topological polar surface area (TPSA) is 60.0 Å². The molecule has 0 aliphatic heterocycles. The third-order valence-electron chi connectivity index (χ3n) is 0. The summed E-state index contributed by atoms with van der Waals surface area (Å²) in [6, 6.07) is 0. The number of hydrogen-bond acceptors (Lipinski definition) is 0. The second-order valence-corrected chi connectivity index (χ2v) is 0. The van der Waals surface area contributed by atoms with Crippen molar-refractivity contribution in [1.82, 2.24) is 0 Å². The first-order valence-corrected chi connectivity index (χ1v) is 0. The first kappa shape index (κ1) is 209. The van der Waals surface area contributed by atoms with Crippen LogP contribution >= 0.6 is 0 Å². The van der Waals surface area contributed by atoms with Gasteiger partial charge in [0.1, 0.15) is 0 Å². The van der Waals surface area contributed by atoms with Gasteiger partial charge in [0.25, 0.3) is 0 Å². The van der Waals surface area contributed by atoms with E-state index in [1.807, 2.05) is 0 Å². The van der Waals surface area contributed by atoms with Crippen molar-refractivity contribution in [2.24, 2.45) is 0 Å². The normalized spacial score (nSPS) is 0. The molecule has 0 unspecified atom stereocenters. The van der Waals surface area contributed by atoms with Gasteiger partial charge in [-0.3, -0.25) is 0 Å². The van der Waals surface area contributed by atoms with Crippen molar-refractivity contribution in [2.75, 3.05) is 0 Å². The van der Waals surface area contributed by atoms with E-state index in [1.54, 1.807) is 0 Å². The Morgan fingerprint density at radius 1 is 1.00 bits per heavy atom. The van der Waals surface area contributed by atoms with Gasteiger partial charge in [-0.1, -0.05) is 0 Å². The maximum Gasteiger partial charge on any atom is 3.00 e. The Balaban J connectivity index is 0. The SMILES string of the molecule is O.[Al+3].[B].[O-2]. The fraction of sp³-hybridized carbons (Fsp3) is 0. The van der Waals surface area contributed by atoms with E-state index in [4.69, 9.17) is 0 Å². The Morgan fingerprint density at radius 2 is 1.00 bits per heavy atom. The van der Waals surface area contributed by atoms with Crippen LogP contribution in [-0.4, -0.2) is 31.3 Å². The first-order chi connectivity index (χ1) is 0. The Hall–Kier alpha value is 0.517. The Labute approximate surface area is 37.5 Å². The van der Waals surface area contributed by atoms with Gasteiger partial charge in [-0.15, -0.1) is 0 Å². The fourth-order valence-electron chi connectivity index (χ4n) is 0. The zero-order valence-corrected chi connectivity index (χ0v) is 3.22. The first-order valence-electron chi connectivity index (χ1n) is 0. The van der Waals surface area contributed by atoms with Crippen LogP contribution in [-0.2, 0) is 5.48 Å². The largest absolute Gasteiger partial charge is 3.00 e. The van der Waals surface area contributed by atoms with Gasteiger partial charge in [-0.05, 0) is 0 Å². The molecule has 0 rings (SSSR count). The third kappa shape index (κ3) is 21.7. The van der Waals surface area contributed by atoms with E-state index < -0.39 is 0 Å². The molecule has 0 aromatic carbocycles. The van der Waals surface area contributed by atoms with Gasteiger partial charge in [0, 0.05) is 8.41 Å². The molecule has 0 atom stereocenters. The van der Waals surface area contributed by atoms with Crippen molar-refractivity contribution in [2.45, 2.75) is 0 Å². The van der Waals surface area contributed by atoms with Crippen LogP contribution < -0.4 is 0 Å². The van der Waals surface area contributed by atoms with Crippen LogP contribution in [0.25, 0.3) is 0 Å². The second kappa shape index (κ2) is 83.3. The van der Waals surface area contributed by atoms with E-state index in [1.165, 1.54) is 0 Å². The van der Waals surface area contributed by atoms with Gasteiger partial charge >= 0.3 is 17.4 Å². The molecule has 0 aromatic heterocycles. The minimum Gasteiger partial charge on any atom is -2.00 e. The maximum absolute atomic E-state index is 0. The second-order valence-electron chi connectivity index (χ2n) is 0. The van der Waals surface area contributed by atoms with Gasteiger partial charge in [-0.25, -0.2) is 0 Å². The molecule has 4 heteroatoms. The van der Waals surface area contributed by atoms with Crippen molar-refractivity contribution < 1.29 is 11.0 Å². The predicted octanol–water partition coefficient (Wildman–Crippen LogP) is -1.71. The molecule has 0 heterocycles. The Kier molecular flexibility index (Phi) is 4350. The summed E-state index contributed by atoms with van der Waals surface area (Å²) in [7, 11) is 0. The van der Waals surface area contributed by atoms with Gasteiger partial charge in [0.2, 0.25) is 0 Å². The molecule has 0 saturated carbocycles. The van der Waals surface area contributed by atoms with Crippen LogP contribution in [0.4, 0.5) is 0 Å². The summed E-state index contributed by atoms with van der Waals surface area (Å²) in [5.74, 6) is 0. The molecule has 0 bridgehead atoms. The van der Waals surface area contributed by atoms with Crippen LogP contribution in [0.3, 0.4) is 0 Å². The van der Waals surface area contributed by atoms with Crippen molar-refractivity contribution in [3.63, 3.8) is 0 Å². The van der Waals surface area contributed by atoms with Gasteiger partial charge < -0.3 is 11.0 Å². The molecular weight excluding hydrogens is 69.8 g/mol. The molecule has 2 nitrogen and oxygen atoms in total. The summed E-state index contributed by atoms with van der Waals surface area (Å²) in [6.07, 6.45) is 0. The van der Waals surface area contributed by atoms with Crippen LogP contribution in [0.1, 0.15) is 0 Å². The summed E-state index contributed by atoms with van der Waals surface area (Å²) in [6.45, 7) is 0. The molecular formula is H2AlBO2+. The summed E-state index contributed by atoms with van der Waals surface area (Å²) in [5.41, 5.74) is 0. The average Bonchev–Trinajstić information content (AvgIpc) is 0. The third-order valence-corrected chi connectivity index (χ3v) is 0. The fourth-order valence-corrected chi connectivity index (χ4v) is 0. The van der Waals surface area contributed by atoms with E-state index in [2.05, 4.69) is 0 Å². The molecule has 0 fully saturated rings. The number of hydrogen-bond donors (Lipinski definition) is 0. The van der Waals surface area contributed by atoms with E-state index in [0.717, 1.165) is 0 Å². The smallest absolute Gasteiger partial charge is 2.00 e. The van der Waals surface area contributed by atoms with Crippen LogP contribution in [0.5, 0.6) is 0 Å². The van der Waals surface area contributed by atoms with Crippen molar-refractivity contribution in [1.29, 1.82) is 0 Å². The Morgan fingerprint density at radius 3 is 1.00 bits per heavy atom. The molecule has 0 aliphatic rings. The van der Waals surface area contributed by atoms with Crippen molar-refractivity contribution in [3.8, 4) is 0 Å². The van der Waals surface area contributed by atoms with Gasteiger partial charge in [-0.2, -0.15) is 0 Å². The zero-order chi connectivity index (χ0) is 0. The van der Waals surface area contributed by atoms with Gasteiger partial charge in [0.05, 0.1) is 0 Å². The molecule has 0 amide bonds. The molecule has 0 aromatic rings. The van der Waals surface area contributed by atoms with Crippen molar-refractivity contribution >= 4 is 25.8 Å². The minimum absolute atomic E-state index is 0. The van der Waals surface area contributed by atoms with Gasteiger partial charge in [0.15, 0.2) is 0 Å². The molecule has 4 heavy (non-hydrogen) atoms. The summed E-state index contributed by atoms with van der Waals surface area (Å²) >= 11 is 0. The molecule has 3 radical (unpaired) electrons. The van der Waals surface area contributed by atoms with E-state index >= 15 is 0 Å². The Bertz CT molecular complexity index is 6.00. The summed E-state index contributed by atoms with van der Waals surface area (Å²) < 4.78 is 0. The number of rotatable bonds is 0. The minimum atomic E-state index is 0. The van der Waals surface area contributed by atoms with E-state index in [9.17, 15) is 0 Å². The van der Waals surface area contributed by atoms with Crippen LogP contribution in [0.15, 0.2) is 0 Å². The predicted molar refractivity (Wildman–Crippen MR) is 15.8 cm³/mol. The molecule has 19 valence electrons. The van der Waals surface area contributed by atoms with Crippen LogP contribution in [0.2, 0.25) is 0 Å². The summed E-state index contributed by atoms with van der Waals surface area (Å²) in [5, 5.41) is 0. The molecule has 2 N–H and O–H groups in total. The average molecular weight is 71.8 g/mol. The van der Waals surface area contributed by atoms with E-state index in [0.29, 0.717) is 0 Å².